The van der Waals surface area contributed by atoms with E-state index in [0.29, 0.717) is 10.7 Å². The smallest absolute Gasteiger partial charge is 0.341 e. The van der Waals surface area contributed by atoms with E-state index in [9.17, 15) is 22.3 Å². The predicted molar refractivity (Wildman–Crippen MR) is 69.0 cm³/mol. The van der Waals surface area contributed by atoms with Crippen LogP contribution in [0.15, 0.2) is 12.1 Å². The van der Waals surface area contributed by atoms with Gasteiger partial charge in [0.15, 0.2) is 5.82 Å². The second-order valence-corrected chi connectivity index (χ2v) is 5.44. The minimum atomic E-state index is -2.78. The summed E-state index contributed by atoms with van der Waals surface area (Å²) in [6, 6.07) is 1.64. The van der Waals surface area contributed by atoms with Gasteiger partial charge in [-0.25, -0.2) is 13.6 Å². The summed E-state index contributed by atoms with van der Waals surface area (Å²) in [6.45, 7) is 3.70. The molecule has 1 rings (SSSR count). The second-order valence-electron chi connectivity index (χ2n) is 4.56. The zero-order chi connectivity index (χ0) is 15.4. The number of aromatic carboxylic acids is 1. The average Bonchev–Trinajstić information content (AvgIpc) is 2.30. The summed E-state index contributed by atoms with van der Waals surface area (Å²) in [5.74, 6) is -4.27. The number of anilines is 1. The molecule has 0 aliphatic heterocycles. The quantitative estimate of drug-likeness (QED) is 0.818. The normalized spacial score (nSPS) is 12.5. The first-order chi connectivity index (χ1) is 9.25. The molecule has 5 nitrogen and oxygen atoms in total. The van der Waals surface area contributed by atoms with Gasteiger partial charge in [0, 0.05) is 17.8 Å². The molecule has 1 aromatic carbocycles. The maximum Gasteiger partial charge on any atom is 0.341 e. The van der Waals surface area contributed by atoms with Crippen molar-refractivity contribution in [2.24, 2.45) is 5.92 Å². The van der Waals surface area contributed by atoms with Gasteiger partial charge in [-0.2, -0.15) is 0 Å². The van der Waals surface area contributed by atoms with Crippen LogP contribution in [-0.4, -0.2) is 26.4 Å². The monoisotopic (exact) mass is 306 g/mol. The fraction of sp³-hybridized carbons (Fsp3) is 0.417. The van der Waals surface area contributed by atoms with Crippen LogP contribution in [0.2, 0.25) is 0 Å². The lowest BCUT2D eigenvalue weighted by Gasteiger charge is -2.27. The van der Waals surface area contributed by atoms with Crippen LogP contribution in [0.5, 0.6) is 0 Å². The van der Waals surface area contributed by atoms with Crippen LogP contribution in [0.1, 0.15) is 30.6 Å². The van der Waals surface area contributed by atoms with Crippen LogP contribution in [0.25, 0.3) is 0 Å². The number of carboxylic acids is 1. The second kappa shape index (κ2) is 6.76. The Bertz CT molecular complexity index is 536. The summed E-state index contributed by atoms with van der Waals surface area (Å²) in [6.07, 6.45) is 0.452. The van der Waals surface area contributed by atoms with E-state index >= 15 is 0 Å². The summed E-state index contributed by atoms with van der Waals surface area (Å²) in [5.41, 5.74) is -1.64. The molecule has 8 heteroatoms. The molecule has 1 unspecified atom stereocenters. The highest BCUT2D eigenvalue weighted by Crippen LogP contribution is 2.26. The molecule has 0 heterocycles. The summed E-state index contributed by atoms with van der Waals surface area (Å²) in [5, 5.41) is 8.76. The Labute approximate surface area is 117 Å². The van der Waals surface area contributed by atoms with Crippen LogP contribution in [0, 0.1) is 17.6 Å². The van der Waals surface area contributed by atoms with Crippen molar-refractivity contribution in [3.05, 3.63) is 29.3 Å². The van der Waals surface area contributed by atoms with E-state index in [1.165, 1.54) is 0 Å². The number of carbonyl (C=O) groups is 1. The first-order valence-corrected chi connectivity index (χ1v) is 6.87. The van der Waals surface area contributed by atoms with Gasteiger partial charge < -0.3 is 9.66 Å². The Balaban J connectivity index is 3.24. The number of carboxylic acid groups (broad SMARTS) is 1. The van der Waals surface area contributed by atoms with Crippen molar-refractivity contribution in [3.63, 3.8) is 0 Å². The van der Waals surface area contributed by atoms with Crippen LogP contribution >= 0.6 is 0 Å². The first kappa shape index (κ1) is 16.5. The third-order valence-electron chi connectivity index (χ3n) is 2.64. The Morgan fingerprint density at radius 2 is 2.05 bits per heavy atom. The SMILES string of the molecule is CC(C)CCN(c1ccc(F)c(C(=O)O)c1F)S(=O)[O-]. The number of nitrogens with zero attached hydrogens (tertiary/aromatic N) is 1. The van der Waals surface area contributed by atoms with Crippen molar-refractivity contribution in [1.29, 1.82) is 0 Å². The lowest BCUT2D eigenvalue weighted by Crippen LogP contribution is -2.29. The van der Waals surface area contributed by atoms with Crippen molar-refractivity contribution in [2.45, 2.75) is 20.3 Å². The first-order valence-electron chi connectivity index (χ1n) is 5.84. The van der Waals surface area contributed by atoms with Crippen molar-refractivity contribution >= 4 is 22.9 Å². The zero-order valence-corrected chi connectivity index (χ0v) is 11.7. The third kappa shape index (κ3) is 3.73. The van der Waals surface area contributed by atoms with Crippen LogP contribution < -0.4 is 4.31 Å². The Hall–Kier alpha value is -1.54. The van der Waals surface area contributed by atoms with Gasteiger partial charge in [0.1, 0.15) is 11.4 Å². The number of halogens is 2. The average molecular weight is 306 g/mol. The Morgan fingerprint density at radius 3 is 2.50 bits per heavy atom. The van der Waals surface area contributed by atoms with Crippen LogP contribution in [0.3, 0.4) is 0 Å². The van der Waals surface area contributed by atoms with Crippen molar-refractivity contribution in [1.82, 2.24) is 0 Å². The molecule has 0 aromatic heterocycles. The molecule has 1 aromatic rings. The molecule has 0 bridgehead atoms. The van der Waals surface area contributed by atoms with Gasteiger partial charge in [0.2, 0.25) is 0 Å². The third-order valence-corrected chi connectivity index (χ3v) is 3.38. The van der Waals surface area contributed by atoms with E-state index in [1.807, 2.05) is 13.8 Å². The highest BCUT2D eigenvalue weighted by atomic mass is 32.2. The highest BCUT2D eigenvalue weighted by Gasteiger charge is 2.23. The standard InChI is InChI=1S/C12H15F2NO4S/c1-7(2)5-6-15(20(18)19)9-4-3-8(13)10(11(9)14)12(16)17/h3-4,7H,5-6H2,1-2H3,(H,16,17)(H,18,19)/p-1. The topological polar surface area (TPSA) is 80.7 Å². The summed E-state index contributed by atoms with van der Waals surface area (Å²) in [7, 11) is 0. The Kier molecular flexibility index (Phi) is 5.58. The summed E-state index contributed by atoms with van der Waals surface area (Å²) < 4.78 is 50.2. The molecule has 0 radical (unpaired) electrons. The molecule has 0 amide bonds. The minimum absolute atomic E-state index is 0.0185. The van der Waals surface area contributed by atoms with Gasteiger partial charge in [-0.05, 0) is 24.5 Å². The molecule has 1 atom stereocenters. The van der Waals surface area contributed by atoms with E-state index in [4.69, 9.17) is 5.11 Å². The van der Waals surface area contributed by atoms with Gasteiger partial charge in [0.05, 0.1) is 5.69 Å². The molecule has 0 aliphatic rings. The summed E-state index contributed by atoms with van der Waals surface area (Å²) in [4.78, 5) is 10.8. The molecule has 0 saturated carbocycles. The molecule has 0 fully saturated rings. The fourth-order valence-corrected chi connectivity index (χ4v) is 2.14. The lowest BCUT2D eigenvalue weighted by atomic mass is 10.1. The minimum Gasteiger partial charge on any atom is -0.755 e. The molecule has 0 aliphatic carbocycles. The highest BCUT2D eigenvalue weighted by molar-refractivity contribution is 7.80. The van der Waals surface area contributed by atoms with E-state index in [1.54, 1.807) is 0 Å². The fourth-order valence-electron chi connectivity index (χ4n) is 1.58. The van der Waals surface area contributed by atoms with E-state index in [0.717, 1.165) is 12.1 Å². The maximum atomic E-state index is 14.0. The summed E-state index contributed by atoms with van der Waals surface area (Å²) >= 11 is -2.78. The molecule has 20 heavy (non-hydrogen) atoms. The molecule has 1 N–H and O–H groups in total. The van der Waals surface area contributed by atoms with Gasteiger partial charge in [-0.15, -0.1) is 0 Å². The Morgan fingerprint density at radius 1 is 1.45 bits per heavy atom. The van der Waals surface area contributed by atoms with Crippen LogP contribution in [0.4, 0.5) is 14.5 Å². The van der Waals surface area contributed by atoms with Gasteiger partial charge in [0.25, 0.3) is 0 Å². The zero-order valence-electron chi connectivity index (χ0n) is 10.9. The molecule has 0 saturated heterocycles. The molecular formula is C12H14F2NO4S-. The van der Waals surface area contributed by atoms with E-state index in [-0.39, 0.29) is 12.5 Å². The van der Waals surface area contributed by atoms with Crippen molar-refractivity contribution in [2.75, 3.05) is 10.8 Å². The molecule has 112 valence electrons. The van der Waals surface area contributed by atoms with Gasteiger partial charge in [-0.1, -0.05) is 13.8 Å². The number of hydrogen-bond donors (Lipinski definition) is 1. The maximum absolute atomic E-state index is 14.0. The van der Waals surface area contributed by atoms with Crippen molar-refractivity contribution in [3.8, 4) is 0 Å². The lowest BCUT2D eigenvalue weighted by molar-refractivity contribution is 0.0686. The number of hydrogen-bond acceptors (Lipinski definition) is 3. The van der Waals surface area contributed by atoms with E-state index in [2.05, 4.69) is 0 Å². The number of benzene rings is 1. The van der Waals surface area contributed by atoms with Gasteiger partial charge >= 0.3 is 5.97 Å². The van der Waals surface area contributed by atoms with Crippen LogP contribution in [-0.2, 0) is 11.3 Å². The van der Waals surface area contributed by atoms with E-state index < -0.39 is 40.1 Å². The predicted octanol–water partition coefficient (Wildman–Crippen LogP) is 2.31. The molecular weight excluding hydrogens is 292 g/mol. The molecule has 0 spiro atoms. The largest absolute Gasteiger partial charge is 0.755 e. The van der Waals surface area contributed by atoms with Gasteiger partial charge in [-0.3, -0.25) is 8.51 Å². The number of rotatable bonds is 6. The van der Waals surface area contributed by atoms with Crippen molar-refractivity contribution < 1.29 is 27.4 Å².